The van der Waals surface area contributed by atoms with Gasteiger partial charge in [0.1, 0.15) is 11.6 Å². The summed E-state index contributed by atoms with van der Waals surface area (Å²) in [5, 5.41) is 5.35. The number of nitrogens with one attached hydrogen (secondary N) is 1. The van der Waals surface area contributed by atoms with Crippen molar-refractivity contribution in [2.45, 2.75) is 24.8 Å². The predicted octanol–water partition coefficient (Wildman–Crippen LogP) is 4.47. The van der Waals surface area contributed by atoms with Gasteiger partial charge in [-0.15, -0.1) is 23.1 Å². The number of anilines is 1. The third kappa shape index (κ3) is 6.51. The van der Waals surface area contributed by atoms with E-state index in [0.29, 0.717) is 10.7 Å². The second-order valence-electron chi connectivity index (χ2n) is 6.09. The van der Waals surface area contributed by atoms with E-state index < -0.39 is 0 Å². The number of hydrogen-bond donors (Lipinski definition) is 1. The van der Waals surface area contributed by atoms with E-state index in [4.69, 9.17) is 4.74 Å². The number of ether oxygens (including phenoxy) is 1. The van der Waals surface area contributed by atoms with Crippen molar-refractivity contribution in [1.82, 2.24) is 4.98 Å². The van der Waals surface area contributed by atoms with E-state index >= 15 is 0 Å². The van der Waals surface area contributed by atoms with Gasteiger partial charge in [0, 0.05) is 16.0 Å². The second kappa shape index (κ2) is 10.1. The number of benzene rings is 2. The first-order chi connectivity index (χ1) is 13.6. The molecule has 0 unspecified atom stereocenters. The molecule has 2 aromatic carbocycles. The molecule has 0 aliphatic heterocycles. The fourth-order valence-corrected chi connectivity index (χ4v) is 3.83. The van der Waals surface area contributed by atoms with E-state index in [-0.39, 0.29) is 30.7 Å². The Morgan fingerprint density at radius 1 is 1.11 bits per heavy atom. The summed E-state index contributed by atoms with van der Waals surface area (Å²) in [6.45, 7) is 2.11. The van der Waals surface area contributed by atoms with Crippen LogP contribution in [-0.2, 0) is 27.4 Å². The third-order valence-corrected chi connectivity index (χ3v) is 5.61. The van der Waals surface area contributed by atoms with Gasteiger partial charge in [0.2, 0.25) is 5.91 Å². The Balaban J connectivity index is 1.41. The summed E-state index contributed by atoms with van der Waals surface area (Å²) in [4.78, 5) is 29.4. The smallest absolute Gasteiger partial charge is 0.316 e. The molecule has 1 amide bonds. The summed E-state index contributed by atoms with van der Waals surface area (Å²) in [5.41, 5.74) is 2.55. The molecule has 0 atom stereocenters. The number of aromatic nitrogens is 1. The lowest BCUT2D eigenvalue weighted by molar-refractivity contribution is -0.141. The highest BCUT2D eigenvalue weighted by Gasteiger charge is 2.10. The van der Waals surface area contributed by atoms with E-state index in [0.717, 1.165) is 16.1 Å². The molecule has 1 heterocycles. The van der Waals surface area contributed by atoms with Crippen LogP contribution in [0, 0.1) is 6.92 Å². The number of nitrogens with zero attached hydrogens (tertiary/aromatic N) is 1. The lowest BCUT2D eigenvalue weighted by Gasteiger charge is -2.04. The molecule has 0 aliphatic rings. The highest BCUT2D eigenvalue weighted by molar-refractivity contribution is 8.00. The van der Waals surface area contributed by atoms with Crippen molar-refractivity contribution in [2.75, 3.05) is 11.1 Å². The lowest BCUT2D eigenvalue weighted by atomic mass is 10.2. The van der Waals surface area contributed by atoms with Crippen LogP contribution in [0.2, 0.25) is 0 Å². The summed E-state index contributed by atoms with van der Waals surface area (Å²) in [6.07, 6.45) is 0.191. The molecule has 0 bridgehead atoms. The van der Waals surface area contributed by atoms with Crippen LogP contribution in [0.4, 0.5) is 5.69 Å². The number of carbonyl (C=O) groups excluding carboxylic acids is 2. The molecule has 0 saturated heterocycles. The van der Waals surface area contributed by atoms with Gasteiger partial charge in [-0.2, -0.15) is 0 Å². The number of amides is 1. The maximum absolute atomic E-state index is 12.1. The van der Waals surface area contributed by atoms with Gasteiger partial charge in [-0.25, -0.2) is 4.98 Å². The Hall–Kier alpha value is -2.64. The minimum absolute atomic E-state index is 0.115. The van der Waals surface area contributed by atoms with Crippen molar-refractivity contribution < 1.29 is 14.3 Å². The highest BCUT2D eigenvalue weighted by atomic mass is 32.2. The zero-order valence-electron chi connectivity index (χ0n) is 15.4. The van der Waals surface area contributed by atoms with Gasteiger partial charge in [0.15, 0.2) is 0 Å². The van der Waals surface area contributed by atoms with Gasteiger partial charge in [0.05, 0.1) is 17.9 Å². The minimum Gasteiger partial charge on any atom is -0.459 e. The van der Waals surface area contributed by atoms with Crippen LogP contribution in [0.1, 0.15) is 16.3 Å². The molecule has 3 aromatic rings. The number of carbonyl (C=O) groups is 2. The summed E-state index contributed by atoms with van der Waals surface area (Å²) in [7, 11) is 0. The monoisotopic (exact) mass is 412 g/mol. The number of thioether (sulfide) groups is 1. The minimum atomic E-state index is -0.291. The van der Waals surface area contributed by atoms with Gasteiger partial charge in [0.25, 0.3) is 0 Å². The molecule has 0 spiro atoms. The topological polar surface area (TPSA) is 68.3 Å². The van der Waals surface area contributed by atoms with Crippen LogP contribution in [0.25, 0.3) is 0 Å². The normalized spacial score (nSPS) is 10.5. The molecular formula is C21H20N2O3S2. The average Bonchev–Trinajstić information content (AvgIpc) is 3.14. The van der Waals surface area contributed by atoms with Gasteiger partial charge in [-0.3, -0.25) is 9.59 Å². The fraction of sp³-hybridized carbons (Fsp3) is 0.190. The molecule has 0 fully saturated rings. The van der Waals surface area contributed by atoms with E-state index in [9.17, 15) is 9.59 Å². The van der Waals surface area contributed by atoms with E-state index in [1.165, 1.54) is 23.1 Å². The molecule has 0 aliphatic carbocycles. The summed E-state index contributed by atoms with van der Waals surface area (Å²) in [5.74, 6) is -0.165. The number of aryl methyl sites for hydroxylation is 1. The third-order valence-electron chi connectivity index (χ3n) is 3.73. The molecule has 1 N–H and O–H groups in total. The predicted molar refractivity (Wildman–Crippen MR) is 113 cm³/mol. The molecule has 5 nitrogen and oxygen atoms in total. The first kappa shape index (κ1) is 20.1. The summed E-state index contributed by atoms with van der Waals surface area (Å²) >= 11 is 2.82. The molecule has 0 saturated carbocycles. The molecule has 144 valence electrons. The zero-order chi connectivity index (χ0) is 19.8. The van der Waals surface area contributed by atoms with Gasteiger partial charge in [-0.1, -0.05) is 35.9 Å². The van der Waals surface area contributed by atoms with Crippen molar-refractivity contribution >= 4 is 40.7 Å². The van der Waals surface area contributed by atoms with Crippen molar-refractivity contribution in [3.05, 3.63) is 76.2 Å². The molecule has 1 aromatic heterocycles. The van der Waals surface area contributed by atoms with Crippen LogP contribution in [0.3, 0.4) is 0 Å². The van der Waals surface area contributed by atoms with Crippen LogP contribution < -0.4 is 5.32 Å². The maximum atomic E-state index is 12.1. The fourth-order valence-electron chi connectivity index (χ4n) is 2.33. The largest absolute Gasteiger partial charge is 0.459 e. The summed E-state index contributed by atoms with van der Waals surface area (Å²) < 4.78 is 5.26. The molecule has 0 radical (unpaired) electrons. The Bertz CT molecular complexity index is 924. The zero-order valence-corrected chi connectivity index (χ0v) is 17.0. The average molecular weight is 413 g/mol. The Morgan fingerprint density at radius 2 is 1.86 bits per heavy atom. The van der Waals surface area contributed by atoms with Crippen molar-refractivity contribution in [3.63, 3.8) is 0 Å². The van der Waals surface area contributed by atoms with Crippen molar-refractivity contribution in [2.24, 2.45) is 0 Å². The second-order valence-corrected chi connectivity index (χ2v) is 8.08. The van der Waals surface area contributed by atoms with Gasteiger partial charge in [-0.05, 0) is 31.2 Å². The van der Waals surface area contributed by atoms with E-state index in [1.54, 1.807) is 0 Å². The van der Waals surface area contributed by atoms with Gasteiger partial charge < -0.3 is 10.1 Å². The number of hydrogen-bond acceptors (Lipinski definition) is 6. The highest BCUT2D eigenvalue weighted by Crippen LogP contribution is 2.18. The van der Waals surface area contributed by atoms with Crippen LogP contribution >= 0.6 is 23.1 Å². The van der Waals surface area contributed by atoms with Crippen molar-refractivity contribution in [3.8, 4) is 0 Å². The summed E-state index contributed by atoms with van der Waals surface area (Å²) in [6, 6.07) is 17.3. The van der Waals surface area contributed by atoms with Crippen LogP contribution in [-0.4, -0.2) is 22.6 Å². The Labute approximate surface area is 172 Å². The maximum Gasteiger partial charge on any atom is 0.316 e. The van der Waals surface area contributed by atoms with Crippen LogP contribution in [0.5, 0.6) is 0 Å². The number of esters is 1. The van der Waals surface area contributed by atoms with Gasteiger partial charge >= 0.3 is 5.97 Å². The quantitative estimate of drug-likeness (QED) is 0.437. The molecule has 28 heavy (non-hydrogen) atoms. The van der Waals surface area contributed by atoms with E-state index in [2.05, 4.69) is 10.3 Å². The SMILES string of the molecule is Cc1ccc(NC(=O)Cc2nc(COC(=O)CSc3ccccc3)cs2)cc1. The number of thiazole rings is 1. The number of rotatable bonds is 8. The molecular weight excluding hydrogens is 392 g/mol. The van der Waals surface area contributed by atoms with Crippen LogP contribution in [0.15, 0.2) is 64.9 Å². The lowest BCUT2D eigenvalue weighted by Crippen LogP contribution is -2.14. The Morgan fingerprint density at radius 3 is 2.61 bits per heavy atom. The molecule has 3 rings (SSSR count). The molecule has 7 heteroatoms. The van der Waals surface area contributed by atoms with E-state index in [1.807, 2.05) is 66.9 Å². The van der Waals surface area contributed by atoms with Crippen molar-refractivity contribution in [1.29, 1.82) is 0 Å². The Kier molecular flexibility index (Phi) is 7.22. The first-order valence-corrected chi connectivity index (χ1v) is 10.6. The standard InChI is InChI=1S/C21H20N2O3S2/c1-15-7-9-16(10-8-15)22-19(24)11-20-23-17(13-28-20)12-26-21(25)14-27-18-5-3-2-4-6-18/h2-10,13H,11-12,14H2,1H3,(H,22,24). The first-order valence-electron chi connectivity index (χ1n) is 8.72.